The summed E-state index contributed by atoms with van der Waals surface area (Å²) in [6.45, 7) is 7.52. The number of aromatic nitrogens is 1. The largest absolute Gasteiger partial charge is 0.348 e. The van der Waals surface area contributed by atoms with Gasteiger partial charge in [0.05, 0.1) is 6.04 Å². The molecule has 0 bridgehead atoms. The minimum atomic E-state index is -0.105. The van der Waals surface area contributed by atoms with Crippen LogP contribution in [0, 0.1) is 12.8 Å². The third-order valence-electron chi connectivity index (χ3n) is 5.82. The Labute approximate surface area is 166 Å². The lowest BCUT2D eigenvalue weighted by molar-refractivity contribution is -0.144. The minimum Gasteiger partial charge on any atom is -0.348 e. The quantitative estimate of drug-likeness (QED) is 0.800. The molecule has 1 saturated carbocycles. The number of carbonyl (C=O) groups excluding carboxylic acids is 2. The molecule has 1 fully saturated rings. The number of hydrogen-bond acceptors (Lipinski definition) is 2. The summed E-state index contributed by atoms with van der Waals surface area (Å²) in [6, 6.07) is 12.7. The average Bonchev–Trinajstić information content (AvgIpc) is 3.41. The fraction of sp³-hybridized carbons (Fsp3) is 0.478. The van der Waals surface area contributed by atoms with Crippen LogP contribution in [0.5, 0.6) is 0 Å². The lowest BCUT2D eigenvalue weighted by atomic mass is 9.98. The molecule has 28 heavy (non-hydrogen) atoms. The van der Waals surface area contributed by atoms with Crippen LogP contribution in [0.3, 0.4) is 0 Å². The van der Waals surface area contributed by atoms with Crippen LogP contribution in [0.1, 0.15) is 49.6 Å². The monoisotopic (exact) mass is 379 g/mol. The topological polar surface area (TPSA) is 45.6 Å². The number of benzene rings is 1. The number of nitrogens with zero attached hydrogens (tertiary/aromatic N) is 3. The second-order valence-electron chi connectivity index (χ2n) is 8.38. The molecule has 0 N–H and O–H groups in total. The van der Waals surface area contributed by atoms with Crippen LogP contribution in [-0.2, 0) is 16.1 Å². The Morgan fingerprint density at radius 2 is 1.82 bits per heavy atom. The number of aryl methyl sites for hydroxylation is 1. The van der Waals surface area contributed by atoms with Gasteiger partial charge >= 0.3 is 0 Å². The molecule has 1 atom stereocenters. The van der Waals surface area contributed by atoms with Crippen LogP contribution in [-0.4, -0.2) is 45.3 Å². The maximum atomic E-state index is 13.4. The highest BCUT2D eigenvalue weighted by Gasteiger charge is 2.38. The van der Waals surface area contributed by atoms with Crippen LogP contribution in [0.25, 0.3) is 0 Å². The summed E-state index contributed by atoms with van der Waals surface area (Å²) >= 11 is 0. The highest BCUT2D eigenvalue weighted by atomic mass is 16.2. The number of carbonyl (C=O) groups is 2. The fourth-order valence-electron chi connectivity index (χ4n) is 4.09. The molecule has 0 spiro atoms. The van der Waals surface area contributed by atoms with Crippen LogP contribution < -0.4 is 0 Å². The van der Waals surface area contributed by atoms with Crippen LogP contribution in [0.4, 0.5) is 0 Å². The zero-order valence-corrected chi connectivity index (χ0v) is 17.0. The summed E-state index contributed by atoms with van der Waals surface area (Å²) in [5, 5.41) is 0. The van der Waals surface area contributed by atoms with Gasteiger partial charge in [0.1, 0.15) is 6.54 Å². The molecular formula is C23H29N3O2. The summed E-state index contributed by atoms with van der Waals surface area (Å²) in [6.07, 6.45) is 4.10. The Kier molecular flexibility index (Phi) is 5.00. The van der Waals surface area contributed by atoms with Gasteiger partial charge in [0.25, 0.3) is 0 Å². The van der Waals surface area contributed by atoms with E-state index < -0.39 is 0 Å². The van der Waals surface area contributed by atoms with Gasteiger partial charge in [0, 0.05) is 36.9 Å². The predicted molar refractivity (Wildman–Crippen MR) is 109 cm³/mol. The number of amides is 2. The van der Waals surface area contributed by atoms with E-state index >= 15 is 0 Å². The molecule has 2 heterocycles. The Bertz CT molecular complexity index is 864. The van der Waals surface area contributed by atoms with E-state index in [0.29, 0.717) is 6.54 Å². The number of rotatable bonds is 5. The molecule has 0 radical (unpaired) electrons. The molecule has 0 saturated heterocycles. The van der Waals surface area contributed by atoms with Crippen molar-refractivity contribution >= 4 is 11.8 Å². The van der Waals surface area contributed by atoms with Gasteiger partial charge in [-0.2, -0.15) is 0 Å². The van der Waals surface area contributed by atoms with Gasteiger partial charge in [-0.15, -0.1) is 0 Å². The first-order valence-electron chi connectivity index (χ1n) is 10.3. The van der Waals surface area contributed by atoms with E-state index in [4.69, 9.17) is 0 Å². The first-order chi connectivity index (χ1) is 13.5. The van der Waals surface area contributed by atoms with E-state index in [0.717, 1.165) is 30.6 Å². The van der Waals surface area contributed by atoms with E-state index in [9.17, 15) is 9.59 Å². The normalized spacial score (nSPS) is 18.9. The lowest BCUT2D eigenvalue weighted by Crippen LogP contribution is -2.49. The van der Waals surface area contributed by atoms with Crippen molar-refractivity contribution in [1.29, 1.82) is 0 Å². The van der Waals surface area contributed by atoms with Crippen LogP contribution in [0.15, 0.2) is 42.6 Å². The molecule has 5 heteroatoms. The predicted octanol–water partition coefficient (Wildman–Crippen LogP) is 3.38. The van der Waals surface area contributed by atoms with Gasteiger partial charge in [-0.3, -0.25) is 9.59 Å². The van der Waals surface area contributed by atoms with Gasteiger partial charge in [-0.1, -0.05) is 43.7 Å². The molecule has 2 amide bonds. The van der Waals surface area contributed by atoms with E-state index in [2.05, 4.69) is 48.0 Å². The lowest BCUT2D eigenvalue weighted by Gasteiger charge is -2.38. The van der Waals surface area contributed by atoms with Crippen molar-refractivity contribution < 1.29 is 9.59 Å². The standard InChI is InChI=1S/C23H29N3O2/c1-16(2)23(28)26(19-10-11-19)15-21(27)25-14-13-24-12-4-5-20(24)22(25)18-8-6-17(3)7-9-18/h4-9,12,16,19,22H,10-11,13-15H2,1-3H3. The molecule has 2 aromatic rings. The third-order valence-corrected chi connectivity index (χ3v) is 5.82. The Balaban J connectivity index is 1.62. The maximum absolute atomic E-state index is 13.4. The fourth-order valence-corrected chi connectivity index (χ4v) is 4.09. The zero-order valence-electron chi connectivity index (χ0n) is 17.0. The van der Waals surface area contributed by atoms with E-state index in [-0.39, 0.29) is 36.4 Å². The van der Waals surface area contributed by atoms with Gasteiger partial charge < -0.3 is 14.4 Å². The Morgan fingerprint density at radius 1 is 1.11 bits per heavy atom. The van der Waals surface area contributed by atoms with Crippen LogP contribution in [0.2, 0.25) is 0 Å². The highest BCUT2D eigenvalue weighted by molar-refractivity contribution is 5.86. The molecule has 1 aromatic heterocycles. The summed E-state index contributed by atoms with van der Waals surface area (Å²) in [5.41, 5.74) is 3.46. The molecule has 2 aliphatic rings. The van der Waals surface area contributed by atoms with Crippen molar-refractivity contribution in [1.82, 2.24) is 14.4 Å². The van der Waals surface area contributed by atoms with Gasteiger partial charge in [-0.25, -0.2) is 0 Å². The Hall–Kier alpha value is -2.56. The number of hydrogen-bond donors (Lipinski definition) is 0. The van der Waals surface area contributed by atoms with Crippen molar-refractivity contribution in [3.63, 3.8) is 0 Å². The summed E-state index contributed by atoms with van der Waals surface area (Å²) < 4.78 is 2.23. The molecule has 1 aromatic carbocycles. The van der Waals surface area contributed by atoms with Gasteiger partial charge in [0.2, 0.25) is 11.8 Å². The minimum absolute atomic E-state index is 0.0407. The molecule has 4 rings (SSSR count). The molecule has 1 aliphatic carbocycles. The molecule has 1 aliphatic heterocycles. The second kappa shape index (κ2) is 7.46. The molecule has 148 valence electrons. The third kappa shape index (κ3) is 3.58. The smallest absolute Gasteiger partial charge is 0.243 e. The first kappa shape index (κ1) is 18.8. The van der Waals surface area contributed by atoms with Gasteiger partial charge in [0.15, 0.2) is 0 Å². The maximum Gasteiger partial charge on any atom is 0.243 e. The molecular weight excluding hydrogens is 350 g/mol. The van der Waals surface area contributed by atoms with E-state index in [1.165, 1.54) is 5.56 Å². The Morgan fingerprint density at radius 3 is 2.46 bits per heavy atom. The first-order valence-corrected chi connectivity index (χ1v) is 10.3. The average molecular weight is 380 g/mol. The van der Waals surface area contributed by atoms with Crippen molar-refractivity contribution in [2.45, 2.75) is 52.2 Å². The van der Waals surface area contributed by atoms with E-state index in [1.807, 2.05) is 29.7 Å². The zero-order chi connectivity index (χ0) is 19.8. The number of fused-ring (bicyclic) bond motifs is 1. The molecule has 1 unspecified atom stereocenters. The van der Waals surface area contributed by atoms with Crippen molar-refractivity contribution in [3.8, 4) is 0 Å². The second-order valence-corrected chi connectivity index (χ2v) is 8.38. The van der Waals surface area contributed by atoms with Crippen molar-refractivity contribution in [3.05, 3.63) is 59.4 Å². The van der Waals surface area contributed by atoms with Gasteiger partial charge in [-0.05, 0) is 37.5 Å². The summed E-state index contributed by atoms with van der Waals surface area (Å²) in [7, 11) is 0. The highest BCUT2D eigenvalue weighted by Crippen LogP contribution is 2.34. The summed E-state index contributed by atoms with van der Waals surface area (Å²) in [4.78, 5) is 29.8. The SMILES string of the molecule is Cc1ccc(C2c3cccn3CCN2C(=O)CN(C(=O)C(C)C)C2CC2)cc1. The van der Waals surface area contributed by atoms with Crippen molar-refractivity contribution in [2.24, 2.45) is 5.92 Å². The summed E-state index contributed by atoms with van der Waals surface area (Å²) in [5.74, 6) is 0.0435. The molecule has 5 nitrogen and oxygen atoms in total. The van der Waals surface area contributed by atoms with Crippen molar-refractivity contribution in [2.75, 3.05) is 13.1 Å². The van der Waals surface area contributed by atoms with E-state index in [1.54, 1.807) is 0 Å². The van der Waals surface area contributed by atoms with Crippen LogP contribution >= 0.6 is 0 Å².